The first-order valence-electron chi connectivity index (χ1n) is 9.54. The highest BCUT2D eigenvalue weighted by molar-refractivity contribution is 5.88. The smallest absolute Gasteiger partial charge is 0.356 e. The van der Waals surface area contributed by atoms with Crippen LogP contribution in [-0.4, -0.2) is 25.1 Å². The van der Waals surface area contributed by atoms with Gasteiger partial charge in [0.15, 0.2) is 0 Å². The Labute approximate surface area is 172 Å². The minimum atomic E-state index is -0.492. The number of nitrogens with two attached hydrogens (primary N) is 1. The monoisotopic (exact) mass is 392 g/mol. The van der Waals surface area contributed by atoms with Crippen molar-refractivity contribution in [1.82, 2.24) is 4.90 Å². The Bertz CT molecular complexity index is 931. The van der Waals surface area contributed by atoms with Crippen molar-refractivity contribution in [3.05, 3.63) is 89.9 Å². The van der Waals surface area contributed by atoms with Crippen molar-refractivity contribution in [3.63, 3.8) is 0 Å². The molecular weight excluding hydrogens is 364 g/mol. The van der Waals surface area contributed by atoms with E-state index in [1.165, 1.54) is 24.4 Å². The van der Waals surface area contributed by atoms with Crippen LogP contribution in [0.1, 0.15) is 42.5 Å². The molecule has 0 saturated carbocycles. The van der Waals surface area contributed by atoms with Crippen molar-refractivity contribution in [1.29, 1.82) is 0 Å². The van der Waals surface area contributed by atoms with E-state index in [0.29, 0.717) is 0 Å². The van der Waals surface area contributed by atoms with Gasteiger partial charge in [0, 0.05) is 17.5 Å². The van der Waals surface area contributed by atoms with Crippen LogP contribution in [0.5, 0.6) is 5.75 Å². The highest BCUT2D eigenvalue weighted by Gasteiger charge is 2.50. The predicted molar refractivity (Wildman–Crippen MR) is 114 cm³/mol. The van der Waals surface area contributed by atoms with Crippen LogP contribution >= 0.6 is 0 Å². The molecule has 1 aliphatic rings. The number of carbonyl (C=O) groups excluding carboxylic acids is 1. The minimum absolute atomic E-state index is 0.119. The fourth-order valence-electron chi connectivity index (χ4n) is 4.60. The van der Waals surface area contributed by atoms with Crippen LogP contribution in [0.2, 0.25) is 0 Å². The molecule has 0 aromatic heterocycles. The maximum absolute atomic E-state index is 12.4. The highest BCUT2D eigenvalue weighted by atomic mass is 16.5. The number of nitrogens with zero attached hydrogens (tertiary/aromatic N) is 1. The van der Waals surface area contributed by atoms with Gasteiger partial charge < -0.3 is 20.1 Å². The molecule has 0 aliphatic heterocycles. The van der Waals surface area contributed by atoms with Crippen LogP contribution in [0.3, 0.4) is 0 Å². The molecule has 5 heteroatoms. The molecule has 0 bridgehead atoms. The van der Waals surface area contributed by atoms with Crippen molar-refractivity contribution >= 4 is 5.97 Å². The van der Waals surface area contributed by atoms with Gasteiger partial charge in [-0.2, -0.15) is 0 Å². The maximum atomic E-state index is 12.4. The maximum Gasteiger partial charge on any atom is 0.356 e. The topological polar surface area (TPSA) is 64.8 Å². The molecule has 2 atom stereocenters. The van der Waals surface area contributed by atoms with Crippen LogP contribution in [0.25, 0.3) is 0 Å². The summed E-state index contributed by atoms with van der Waals surface area (Å²) in [5.41, 5.74) is 9.36. The van der Waals surface area contributed by atoms with E-state index in [1.54, 1.807) is 13.3 Å². The first-order valence-corrected chi connectivity index (χ1v) is 9.54. The van der Waals surface area contributed by atoms with Gasteiger partial charge in [0.1, 0.15) is 11.4 Å². The average molecular weight is 392 g/mol. The Kier molecular flexibility index (Phi) is 5.69. The molecule has 0 fully saturated rings. The van der Waals surface area contributed by atoms with Gasteiger partial charge in [0.05, 0.1) is 20.3 Å². The van der Waals surface area contributed by atoms with E-state index in [1.807, 2.05) is 29.2 Å². The number of hydrogen-bond acceptors (Lipinski definition) is 5. The molecule has 5 nitrogen and oxygen atoms in total. The summed E-state index contributed by atoms with van der Waals surface area (Å²) in [7, 11) is 3.01. The molecule has 0 radical (unpaired) electrons. The van der Waals surface area contributed by atoms with Crippen molar-refractivity contribution in [2.45, 2.75) is 25.8 Å². The normalized spacial score (nSPS) is 19.9. The average Bonchev–Trinajstić information content (AvgIpc) is 2.97. The highest BCUT2D eigenvalue weighted by Crippen LogP contribution is 2.59. The molecule has 3 rings (SSSR count). The van der Waals surface area contributed by atoms with Crippen LogP contribution in [-0.2, 0) is 9.53 Å². The summed E-state index contributed by atoms with van der Waals surface area (Å²) in [6.07, 6.45) is 2.93. The third-order valence-electron chi connectivity index (χ3n) is 5.80. The fourth-order valence-corrected chi connectivity index (χ4v) is 4.60. The molecule has 2 aromatic carbocycles. The van der Waals surface area contributed by atoms with Gasteiger partial charge in [-0.15, -0.1) is 0 Å². The van der Waals surface area contributed by atoms with Gasteiger partial charge in [-0.3, -0.25) is 0 Å². The lowest BCUT2D eigenvalue weighted by molar-refractivity contribution is -0.138. The van der Waals surface area contributed by atoms with Crippen LogP contribution in [0.15, 0.2) is 73.2 Å². The zero-order valence-corrected chi connectivity index (χ0v) is 17.4. The second-order valence-corrected chi connectivity index (χ2v) is 7.69. The number of hydrogen-bond donors (Lipinski definition) is 1. The second kappa shape index (κ2) is 8.03. The van der Waals surface area contributed by atoms with Gasteiger partial charge in [-0.1, -0.05) is 56.8 Å². The van der Waals surface area contributed by atoms with Crippen LogP contribution in [0.4, 0.5) is 0 Å². The van der Waals surface area contributed by atoms with E-state index in [0.717, 1.165) is 11.3 Å². The zero-order valence-electron chi connectivity index (χ0n) is 17.4. The first-order chi connectivity index (χ1) is 13.9. The third kappa shape index (κ3) is 3.37. The lowest BCUT2D eigenvalue weighted by Gasteiger charge is -2.40. The van der Waals surface area contributed by atoms with E-state index in [4.69, 9.17) is 15.2 Å². The Hall–Kier alpha value is -3.21. The molecule has 0 heterocycles. The summed E-state index contributed by atoms with van der Waals surface area (Å²) >= 11 is 0. The number of fused-ring (bicyclic) bond motifs is 1. The second-order valence-electron chi connectivity index (χ2n) is 7.69. The van der Waals surface area contributed by atoms with Crippen LogP contribution < -0.4 is 10.5 Å². The summed E-state index contributed by atoms with van der Waals surface area (Å²) < 4.78 is 10.3. The van der Waals surface area contributed by atoms with Gasteiger partial charge in [-0.25, -0.2) is 4.79 Å². The molecule has 0 saturated heterocycles. The quantitative estimate of drug-likeness (QED) is 0.586. The minimum Gasteiger partial charge on any atom is -0.497 e. The van der Waals surface area contributed by atoms with Gasteiger partial charge >= 0.3 is 5.97 Å². The Morgan fingerprint density at radius 2 is 1.72 bits per heavy atom. The number of rotatable bonds is 6. The standard InChI is InChI=1S/C24H28N2O3/c1-6-26(20(15-25)23(27)29-5)22-19-10-8-7-9-18(19)21(24(22,2)3)16-11-13-17(28-4)14-12-16/h6-15,21-22H,1,25H2,2-5H3/b20-15-. The summed E-state index contributed by atoms with van der Waals surface area (Å²) in [5, 5.41) is 0. The summed E-state index contributed by atoms with van der Waals surface area (Å²) in [6.45, 7) is 8.36. The van der Waals surface area contributed by atoms with Crippen molar-refractivity contribution in [3.8, 4) is 5.75 Å². The number of methoxy groups -OCH3 is 2. The summed E-state index contributed by atoms with van der Waals surface area (Å²) in [4.78, 5) is 14.2. The molecule has 2 unspecified atom stereocenters. The van der Waals surface area contributed by atoms with Gasteiger partial charge in [-0.05, 0) is 35.0 Å². The lowest BCUT2D eigenvalue weighted by atomic mass is 9.73. The number of ether oxygens (including phenoxy) is 2. The van der Waals surface area contributed by atoms with Gasteiger partial charge in [0.2, 0.25) is 0 Å². The van der Waals surface area contributed by atoms with E-state index in [2.05, 4.69) is 44.7 Å². The Balaban J connectivity index is 2.16. The summed E-state index contributed by atoms with van der Waals surface area (Å²) in [5.74, 6) is 0.448. The van der Waals surface area contributed by atoms with Crippen molar-refractivity contribution in [2.24, 2.45) is 11.1 Å². The van der Waals surface area contributed by atoms with Crippen LogP contribution in [0, 0.1) is 5.41 Å². The van der Waals surface area contributed by atoms with Crippen molar-refractivity contribution in [2.75, 3.05) is 14.2 Å². The fraction of sp³-hybridized carbons (Fsp3) is 0.292. The lowest BCUT2D eigenvalue weighted by Crippen LogP contribution is -2.36. The number of carbonyl (C=O) groups is 1. The van der Waals surface area contributed by atoms with E-state index in [-0.39, 0.29) is 23.1 Å². The largest absolute Gasteiger partial charge is 0.497 e. The van der Waals surface area contributed by atoms with E-state index in [9.17, 15) is 4.79 Å². The first kappa shape index (κ1) is 20.5. The van der Waals surface area contributed by atoms with Crippen molar-refractivity contribution < 1.29 is 14.3 Å². The van der Waals surface area contributed by atoms with Gasteiger partial charge in [0.25, 0.3) is 0 Å². The summed E-state index contributed by atoms with van der Waals surface area (Å²) in [6, 6.07) is 16.3. The molecule has 2 aromatic rings. The van der Waals surface area contributed by atoms with E-state index < -0.39 is 5.97 Å². The molecule has 152 valence electrons. The third-order valence-corrected chi connectivity index (χ3v) is 5.80. The molecule has 1 aliphatic carbocycles. The molecule has 2 N–H and O–H groups in total. The SMILES string of the molecule is C=CN(/C(=C\N)C(=O)OC)C1c2ccccc2C(c2ccc(OC)cc2)C1(C)C. The number of esters is 1. The number of benzene rings is 2. The molecular formula is C24H28N2O3. The Morgan fingerprint density at radius 3 is 2.24 bits per heavy atom. The predicted octanol–water partition coefficient (Wildman–Crippen LogP) is 4.33. The molecule has 0 spiro atoms. The molecule has 0 amide bonds. The zero-order chi connectivity index (χ0) is 21.2. The molecule has 29 heavy (non-hydrogen) atoms. The Morgan fingerprint density at radius 1 is 1.10 bits per heavy atom. The van der Waals surface area contributed by atoms with E-state index >= 15 is 0 Å².